The summed E-state index contributed by atoms with van der Waals surface area (Å²) in [5.41, 5.74) is 7.94. The number of hydrogen-bond donors (Lipinski definition) is 2. The fourth-order valence-electron chi connectivity index (χ4n) is 2.02. The van der Waals surface area contributed by atoms with Crippen molar-refractivity contribution in [1.82, 2.24) is 0 Å². The van der Waals surface area contributed by atoms with Gasteiger partial charge in [0.15, 0.2) is 0 Å². The SMILES string of the molecule is Cc1cc(Cl)ccc1C(Nc1ccc(Cl)c(Br)c1)C(N)=O. The third-order valence-corrected chi connectivity index (χ3v) is 4.51. The van der Waals surface area contributed by atoms with Crippen molar-refractivity contribution in [3.63, 3.8) is 0 Å². The van der Waals surface area contributed by atoms with Crippen LogP contribution in [-0.4, -0.2) is 5.91 Å². The molecule has 0 aliphatic rings. The van der Waals surface area contributed by atoms with Crippen LogP contribution in [0.5, 0.6) is 0 Å². The van der Waals surface area contributed by atoms with Crippen LogP contribution >= 0.6 is 39.1 Å². The molecule has 0 bridgehead atoms. The predicted molar refractivity (Wildman–Crippen MR) is 90.9 cm³/mol. The number of nitrogens with one attached hydrogen (secondary N) is 1. The van der Waals surface area contributed by atoms with E-state index < -0.39 is 11.9 Å². The smallest absolute Gasteiger partial charge is 0.244 e. The highest BCUT2D eigenvalue weighted by molar-refractivity contribution is 9.10. The standard InChI is InChI=1S/C15H13BrCl2N2O/c1-8-6-9(17)2-4-11(8)14(15(19)21)20-10-3-5-13(18)12(16)7-10/h2-7,14,20H,1H3,(H2,19,21). The Kier molecular flexibility index (Phi) is 5.14. The molecule has 0 fully saturated rings. The average molecular weight is 388 g/mol. The monoisotopic (exact) mass is 386 g/mol. The zero-order valence-corrected chi connectivity index (χ0v) is 14.3. The maximum absolute atomic E-state index is 11.8. The molecule has 0 saturated carbocycles. The molecule has 0 heterocycles. The van der Waals surface area contributed by atoms with E-state index >= 15 is 0 Å². The van der Waals surface area contributed by atoms with Gasteiger partial charge in [-0.3, -0.25) is 4.79 Å². The van der Waals surface area contributed by atoms with Gasteiger partial charge in [-0.15, -0.1) is 0 Å². The van der Waals surface area contributed by atoms with Crippen LogP contribution in [0.25, 0.3) is 0 Å². The van der Waals surface area contributed by atoms with E-state index in [0.29, 0.717) is 10.0 Å². The quantitative estimate of drug-likeness (QED) is 0.798. The molecular weight excluding hydrogens is 375 g/mol. The first-order valence-corrected chi connectivity index (χ1v) is 7.70. The topological polar surface area (TPSA) is 55.1 Å². The summed E-state index contributed by atoms with van der Waals surface area (Å²) in [4.78, 5) is 11.8. The summed E-state index contributed by atoms with van der Waals surface area (Å²) < 4.78 is 0.741. The molecule has 0 spiro atoms. The lowest BCUT2D eigenvalue weighted by molar-refractivity contribution is -0.118. The van der Waals surface area contributed by atoms with Crippen LogP contribution in [0.3, 0.4) is 0 Å². The van der Waals surface area contributed by atoms with E-state index in [1.165, 1.54) is 0 Å². The lowest BCUT2D eigenvalue weighted by Gasteiger charge is -2.19. The lowest BCUT2D eigenvalue weighted by Crippen LogP contribution is -2.28. The van der Waals surface area contributed by atoms with Crippen molar-refractivity contribution in [3.8, 4) is 0 Å². The Morgan fingerprint density at radius 3 is 2.52 bits per heavy atom. The second-order valence-corrected chi connectivity index (χ2v) is 6.31. The molecule has 1 amide bonds. The Balaban J connectivity index is 2.35. The van der Waals surface area contributed by atoms with E-state index in [1.807, 2.05) is 6.92 Å². The Hall–Kier alpha value is -1.23. The molecule has 2 rings (SSSR count). The second kappa shape index (κ2) is 6.69. The number of halogens is 3. The van der Waals surface area contributed by atoms with Gasteiger partial charge in [0.2, 0.25) is 5.91 Å². The van der Waals surface area contributed by atoms with E-state index in [9.17, 15) is 4.79 Å². The van der Waals surface area contributed by atoms with Crippen LogP contribution < -0.4 is 11.1 Å². The number of primary amides is 1. The van der Waals surface area contributed by atoms with Crippen LogP contribution in [0.1, 0.15) is 17.2 Å². The van der Waals surface area contributed by atoms with E-state index in [4.69, 9.17) is 28.9 Å². The Bertz CT molecular complexity index is 691. The van der Waals surface area contributed by atoms with Crippen LogP contribution in [0, 0.1) is 6.92 Å². The fourth-order valence-corrected chi connectivity index (χ4v) is 2.74. The zero-order chi connectivity index (χ0) is 15.6. The molecule has 3 nitrogen and oxygen atoms in total. The first kappa shape index (κ1) is 16.1. The molecule has 1 unspecified atom stereocenters. The Morgan fingerprint density at radius 2 is 1.95 bits per heavy atom. The molecular formula is C15H13BrCl2N2O. The van der Waals surface area contributed by atoms with Gasteiger partial charge in [0.05, 0.1) is 5.02 Å². The second-order valence-electron chi connectivity index (χ2n) is 4.61. The van der Waals surface area contributed by atoms with Gasteiger partial charge in [0, 0.05) is 15.2 Å². The summed E-state index contributed by atoms with van der Waals surface area (Å²) in [6, 6.07) is 10.0. The Labute approximate surface area is 141 Å². The predicted octanol–water partition coefficient (Wildman–Crippen LogP) is 4.70. The van der Waals surface area contributed by atoms with Gasteiger partial charge < -0.3 is 11.1 Å². The number of benzene rings is 2. The first-order chi connectivity index (χ1) is 9.88. The molecule has 2 aromatic rings. The molecule has 6 heteroatoms. The van der Waals surface area contributed by atoms with Crippen molar-refractivity contribution in [2.24, 2.45) is 5.73 Å². The minimum atomic E-state index is -0.643. The number of nitrogens with two attached hydrogens (primary N) is 1. The molecule has 3 N–H and O–H groups in total. The maximum Gasteiger partial charge on any atom is 0.244 e. The number of amides is 1. The third kappa shape index (κ3) is 3.90. The van der Waals surface area contributed by atoms with Gasteiger partial charge in [-0.05, 0) is 64.3 Å². The highest BCUT2D eigenvalue weighted by atomic mass is 79.9. The minimum Gasteiger partial charge on any atom is -0.370 e. The minimum absolute atomic E-state index is 0.466. The molecule has 0 saturated heterocycles. The van der Waals surface area contributed by atoms with Gasteiger partial charge in [-0.2, -0.15) is 0 Å². The molecule has 0 radical (unpaired) electrons. The molecule has 21 heavy (non-hydrogen) atoms. The summed E-state index contributed by atoms with van der Waals surface area (Å²) in [7, 11) is 0. The van der Waals surface area contributed by atoms with Crippen LogP contribution in [0.15, 0.2) is 40.9 Å². The number of aryl methyl sites for hydroxylation is 1. The molecule has 1 atom stereocenters. The normalized spacial score (nSPS) is 12.0. The number of carbonyl (C=O) groups excluding carboxylic acids is 1. The van der Waals surface area contributed by atoms with Crippen molar-refractivity contribution in [3.05, 3.63) is 62.0 Å². The average Bonchev–Trinajstić information content (AvgIpc) is 2.40. The van der Waals surface area contributed by atoms with Crippen molar-refractivity contribution < 1.29 is 4.79 Å². The van der Waals surface area contributed by atoms with E-state index in [1.54, 1.807) is 36.4 Å². The third-order valence-electron chi connectivity index (χ3n) is 3.06. The maximum atomic E-state index is 11.8. The fraction of sp³-hybridized carbons (Fsp3) is 0.133. The zero-order valence-electron chi connectivity index (χ0n) is 11.2. The van der Waals surface area contributed by atoms with E-state index in [-0.39, 0.29) is 0 Å². The summed E-state index contributed by atoms with van der Waals surface area (Å²) in [5, 5.41) is 4.33. The highest BCUT2D eigenvalue weighted by Crippen LogP contribution is 2.29. The van der Waals surface area contributed by atoms with Gasteiger partial charge in [0.1, 0.15) is 6.04 Å². The summed E-state index contributed by atoms with van der Waals surface area (Å²) in [5.74, 6) is -0.466. The molecule has 0 aromatic heterocycles. The number of hydrogen-bond acceptors (Lipinski definition) is 2. The van der Waals surface area contributed by atoms with Crippen LogP contribution in [0.2, 0.25) is 10.0 Å². The van der Waals surface area contributed by atoms with Gasteiger partial charge in [-0.25, -0.2) is 0 Å². The molecule has 0 aliphatic carbocycles. The number of anilines is 1. The first-order valence-electron chi connectivity index (χ1n) is 6.15. The summed E-state index contributed by atoms with van der Waals surface area (Å²) >= 11 is 15.2. The summed E-state index contributed by atoms with van der Waals surface area (Å²) in [6.45, 7) is 1.89. The lowest BCUT2D eigenvalue weighted by atomic mass is 10.0. The van der Waals surface area contributed by atoms with Crippen LogP contribution in [0.4, 0.5) is 5.69 Å². The molecule has 110 valence electrons. The summed E-state index contributed by atoms with van der Waals surface area (Å²) in [6.07, 6.45) is 0. The molecule has 2 aromatic carbocycles. The van der Waals surface area contributed by atoms with Gasteiger partial charge in [-0.1, -0.05) is 29.3 Å². The van der Waals surface area contributed by atoms with Crippen molar-refractivity contribution >= 4 is 50.7 Å². The van der Waals surface area contributed by atoms with Crippen LogP contribution in [-0.2, 0) is 4.79 Å². The van der Waals surface area contributed by atoms with E-state index in [0.717, 1.165) is 21.3 Å². The van der Waals surface area contributed by atoms with Gasteiger partial charge in [0.25, 0.3) is 0 Å². The largest absolute Gasteiger partial charge is 0.370 e. The molecule has 0 aliphatic heterocycles. The van der Waals surface area contributed by atoms with Gasteiger partial charge >= 0.3 is 0 Å². The van der Waals surface area contributed by atoms with Crippen molar-refractivity contribution in [2.75, 3.05) is 5.32 Å². The Morgan fingerprint density at radius 1 is 1.24 bits per heavy atom. The number of carbonyl (C=O) groups is 1. The highest BCUT2D eigenvalue weighted by Gasteiger charge is 2.20. The van der Waals surface area contributed by atoms with E-state index in [2.05, 4.69) is 21.2 Å². The number of rotatable bonds is 4. The van der Waals surface area contributed by atoms with Crippen molar-refractivity contribution in [1.29, 1.82) is 0 Å². The van der Waals surface area contributed by atoms with Crippen molar-refractivity contribution in [2.45, 2.75) is 13.0 Å².